The lowest BCUT2D eigenvalue weighted by molar-refractivity contribution is 0.244. The first kappa shape index (κ1) is 16.6. The summed E-state index contributed by atoms with van der Waals surface area (Å²) in [6.45, 7) is 3.94. The molecule has 128 valence electrons. The molecule has 0 aromatic carbocycles. The van der Waals surface area contributed by atoms with Crippen molar-refractivity contribution in [2.24, 2.45) is 0 Å². The normalized spacial score (nSPS) is 17.9. The third-order valence-electron chi connectivity index (χ3n) is 4.51. The number of anilines is 2. The molecule has 1 atom stereocenters. The van der Waals surface area contributed by atoms with Crippen LogP contribution in [-0.4, -0.2) is 47.5 Å². The van der Waals surface area contributed by atoms with E-state index < -0.39 is 0 Å². The van der Waals surface area contributed by atoms with E-state index in [1.54, 1.807) is 0 Å². The van der Waals surface area contributed by atoms with Gasteiger partial charge >= 0.3 is 0 Å². The van der Waals surface area contributed by atoms with Gasteiger partial charge in [0.05, 0.1) is 11.7 Å². The number of rotatable bonds is 5. The summed E-state index contributed by atoms with van der Waals surface area (Å²) in [5, 5.41) is 3.19. The molecule has 1 aliphatic heterocycles. The molecule has 3 rings (SSSR count). The lowest BCUT2D eigenvalue weighted by Gasteiger charge is -2.25. The number of nitrogens with zero attached hydrogens (tertiary/aromatic N) is 5. The molecule has 0 bridgehead atoms. The zero-order valence-corrected chi connectivity index (χ0v) is 15.0. The summed E-state index contributed by atoms with van der Waals surface area (Å²) in [7, 11) is 5.96. The molecule has 6 nitrogen and oxygen atoms in total. The van der Waals surface area contributed by atoms with E-state index in [4.69, 9.17) is 4.98 Å². The molecule has 2 aromatic rings. The van der Waals surface area contributed by atoms with E-state index >= 15 is 0 Å². The molecule has 1 aliphatic rings. The van der Waals surface area contributed by atoms with Gasteiger partial charge < -0.3 is 10.2 Å². The van der Waals surface area contributed by atoms with Gasteiger partial charge in [0.1, 0.15) is 17.5 Å². The van der Waals surface area contributed by atoms with Crippen LogP contribution in [0.3, 0.4) is 0 Å². The molecule has 1 fully saturated rings. The van der Waals surface area contributed by atoms with Gasteiger partial charge in [-0.3, -0.25) is 4.90 Å². The molecule has 1 N–H and O–H groups in total. The monoisotopic (exact) mass is 326 g/mol. The van der Waals surface area contributed by atoms with Crippen molar-refractivity contribution in [2.45, 2.75) is 32.4 Å². The van der Waals surface area contributed by atoms with Crippen LogP contribution in [0.15, 0.2) is 24.4 Å². The fourth-order valence-electron chi connectivity index (χ4n) is 3.33. The summed E-state index contributed by atoms with van der Waals surface area (Å²) in [5.74, 6) is 2.76. The van der Waals surface area contributed by atoms with Crippen LogP contribution in [0.1, 0.15) is 36.0 Å². The predicted molar refractivity (Wildman–Crippen MR) is 97.3 cm³/mol. The maximum absolute atomic E-state index is 4.72. The van der Waals surface area contributed by atoms with Gasteiger partial charge in [0.15, 0.2) is 0 Å². The summed E-state index contributed by atoms with van der Waals surface area (Å²) < 4.78 is 0. The van der Waals surface area contributed by atoms with Gasteiger partial charge in [-0.2, -0.15) is 0 Å². The van der Waals surface area contributed by atoms with Crippen LogP contribution >= 0.6 is 0 Å². The molecule has 0 aliphatic carbocycles. The van der Waals surface area contributed by atoms with Crippen LogP contribution in [0.25, 0.3) is 0 Å². The Labute approximate surface area is 143 Å². The Morgan fingerprint density at radius 1 is 1.33 bits per heavy atom. The van der Waals surface area contributed by atoms with Crippen molar-refractivity contribution in [1.29, 1.82) is 0 Å². The first-order valence-corrected chi connectivity index (χ1v) is 8.47. The fraction of sp³-hybridized carbons (Fsp3) is 0.500. The van der Waals surface area contributed by atoms with Crippen molar-refractivity contribution >= 4 is 11.6 Å². The minimum atomic E-state index is 0.343. The van der Waals surface area contributed by atoms with Gasteiger partial charge in [-0.15, -0.1) is 0 Å². The molecule has 1 saturated heterocycles. The minimum Gasteiger partial charge on any atom is -0.373 e. The molecular formula is C18H26N6. The zero-order chi connectivity index (χ0) is 17.1. The van der Waals surface area contributed by atoms with E-state index in [-0.39, 0.29) is 0 Å². The second-order valence-electron chi connectivity index (χ2n) is 6.48. The molecule has 0 amide bonds. The average molecular weight is 326 g/mol. The summed E-state index contributed by atoms with van der Waals surface area (Å²) in [6.07, 6.45) is 4.16. The third-order valence-corrected chi connectivity index (χ3v) is 4.51. The molecule has 0 saturated carbocycles. The van der Waals surface area contributed by atoms with Crippen molar-refractivity contribution < 1.29 is 0 Å². The first-order valence-electron chi connectivity index (χ1n) is 8.47. The molecule has 0 unspecified atom stereocenters. The Kier molecular flexibility index (Phi) is 4.94. The number of aromatic nitrogens is 3. The molecule has 3 heterocycles. The topological polar surface area (TPSA) is 57.2 Å². The lowest BCUT2D eigenvalue weighted by atomic mass is 10.1. The summed E-state index contributed by atoms with van der Waals surface area (Å²) >= 11 is 0. The predicted octanol–water partition coefficient (Wildman–Crippen LogP) is 2.62. The Bertz CT molecular complexity index is 700. The largest absolute Gasteiger partial charge is 0.373 e. The zero-order valence-electron chi connectivity index (χ0n) is 15.0. The summed E-state index contributed by atoms with van der Waals surface area (Å²) in [6, 6.07) is 6.61. The van der Waals surface area contributed by atoms with Gasteiger partial charge in [0.25, 0.3) is 0 Å². The van der Waals surface area contributed by atoms with Gasteiger partial charge in [0, 0.05) is 45.5 Å². The third kappa shape index (κ3) is 3.48. The standard InChI is InChI=1S/C18H26N6/c1-13-21-15(11-17(22-13)23(3)4)16-8-6-10-24(16)12-14-7-5-9-20-18(14)19-2/h5,7,9,11,16H,6,8,10,12H2,1-4H3,(H,19,20)/t16-/m0/s1. The molecule has 2 aromatic heterocycles. The van der Waals surface area contributed by atoms with Gasteiger partial charge in [-0.1, -0.05) is 6.07 Å². The maximum atomic E-state index is 4.72. The van der Waals surface area contributed by atoms with Crippen LogP contribution < -0.4 is 10.2 Å². The smallest absolute Gasteiger partial charge is 0.132 e. The minimum absolute atomic E-state index is 0.343. The SMILES string of the molecule is CNc1ncccc1CN1CCC[C@H]1c1cc(N(C)C)nc(C)n1. The van der Waals surface area contributed by atoms with Crippen molar-refractivity contribution in [3.63, 3.8) is 0 Å². The highest BCUT2D eigenvalue weighted by atomic mass is 15.2. The van der Waals surface area contributed by atoms with Gasteiger partial charge in [-0.25, -0.2) is 15.0 Å². The number of likely N-dealkylation sites (tertiary alicyclic amines) is 1. The van der Waals surface area contributed by atoms with E-state index in [1.807, 2.05) is 45.2 Å². The van der Waals surface area contributed by atoms with Crippen LogP contribution in [0.4, 0.5) is 11.6 Å². The highest BCUT2D eigenvalue weighted by Gasteiger charge is 2.28. The maximum Gasteiger partial charge on any atom is 0.132 e. The van der Waals surface area contributed by atoms with Crippen molar-refractivity contribution in [1.82, 2.24) is 19.9 Å². The number of nitrogens with one attached hydrogen (secondary N) is 1. The van der Waals surface area contributed by atoms with E-state index in [0.717, 1.165) is 42.7 Å². The van der Waals surface area contributed by atoms with E-state index in [1.165, 1.54) is 12.0 Å². The van der Waals surface area contributed by atoms with E-state index in [2.05, 4.69) is 32.3 Å². The van der Waals surface area contributed by atoms with Crippen molar-refractivity contribution in [3.8, 4) is 0 Å². The van der Waals surface area contributed by atoms with Gasteiger partial charge in [-0.05, 0) is 32.4 Å². The second kappa shape index (κ2) is 7.13. The number of hydrogen-bond donors (Lipinski definition) is 1. The van der Waals surface area contributed by atoms with Crippen LogP contribution in [-0.2, 0) is 6.54 Å². The van der Waals surface area contributed by atoms with E-state index in [9.17, 15) is 0 Å². The Morgan fingerprint density at radius 3 is 2.92 bits per heavy atom. The lowest BCUT2D eigenvalue weighted by Crippen LogP contribution is -2.25. The highest BCUT2D eigenvalue weighted by molar-refractivity contribution is 5.43. The van der Waals surface area contributed by atoms with Crippen LogP contribution in [0, 0.1) is 6.92 Å². The summed E-state index contributed by atoms with van der Waals surface area (Å²) in [4.78, 5) is 18.2. The Hall–Kier alpha value is -2.21. The summed E-state index contributed by atoms with van der Waals surface area (Å²) in [5.41, 5.74) is 2.35. The van der Waals surface area contributed by atoms with E-state index in [0.29, 0.717) is 6.04 Å². The molecule has 0 spiro atoms. The number of pyridine rings is 1. The highest BCUT2D eigenvalue weighted by Crippen LogP contribution is 2.33. The number of aryl methyl sites for hydroxylation is 1. The van der Waals surface area contributed by atoms with Gasteiger partial charge in [0.2, 0.25) is 0 Å². The molecular weight excluding hydrogens is 300 g/mol. The van der Waals surface area contributed by atoms with Crippen LogP contribution in [0.2, 0.25) is 0 Å². The Morgan fingerprint density at radius 2 is 2.17 bits per heavy atom. The van der Waals surface area contributed by atoms with Crippen molar-refractivity contribution in [2.75, 3.05) is 37.9 Å². The van der Waals surface area contributed by atoms with Crippen molar-refractivity contribution in [3.05, 3.63) is 41.5 Å². The average Bonchev–Trinajstić information content (AvgIpc) is 3.03. The molecule has 6 heteroatoms. The van der Waals surface area contributed by atoms with Crippen LogP contribution in [0.5, 0.6) is 0 Å². The quantitative estimate of drug-likeness (QED) is 0.911. The first-order chi connectivity index (χ1) is 11.6. The fourth-order valence-corrected chi connectivity index (χ4v) is 3.33. The Balaban J connectivity index is 1.86. The number of hydrogen-bond acceptors (Lipinski definition) is 6. The molecule has 24 heavy (non-hydrogen) atoms. The second-order valence-corrected chi connectivity index (χ2v) is 6.48. The molecule has 0 radical (unpaired) electrons.